The van der Waals surface area contributed by atoms with Crippen LogP contribution in [-0.2, 0) is 10.4 Å². The molecular formula is C24H17Cl2F3N2O2S. The number of carbonyl (C=O) groups is 1. The Bertz CT molecular complexity index is 1310. The van der Waals surface area contributed by atoms with Crippen molar-refractivity contribution in [2.45, 2.75) is 24.2 Å². The molecule has 0 aliphatic carbocycles. The van der Waals surface area contributed by atoms with Gasteiger partial charge in [-0.1, -0.05) is 58.7 Å². The molecule has 4 nitrogen and oxygen atoms in total. The molecule has 0 saturated carbocycles. The number of fused-ring (bicyclic) bond motifs is 1. The van der Waals surface area contributed by atoms with E-state index in [2.05, 4.69) is 10.5 Å². The molecule has 3 aromatic carbocycles. The number of nitrogens with zero attached hydrogens (tertiary/aromatic N) is 1. The van der Waals surface area contributed by atoms with Crippen molar-refractivity contribution in [2.75, 3.05) is 11.5 Å². The molecule has 0 radical (unpaired) electrons. The van der Waals surface area contributed by atoms with Gasteiger partial charge in [0.05, 0.1) is 5.71 Å². The second kappa shape index (κ2) is 8.66. The van der Waals surface area contributed by atoms with Crippen molar-refractivity contribution in [3.8, 4) is 0 Å². The highest BCUT2D eigenvalue weighted by Crippen LogP contribution is 2.50. The van der Waals surface area contributed by atoms with E-state index in [0.717, 1.165) is 11.5 Å². The van der Waals surface area contributed by atoms with Crippen LogP contribution in [0.2, 0.25) is 10.0 Å². The van der Waals surface area contributed by atoms with Crippen LogP contribution in [0.1, 0.15) is 27.9 Å². The summed E-state index contributed by atoms with van der Waals surface area (Å²) in [5, 5.41) is 8.22. The van der Waals surface area contributed by atoms with Crippen LogP contribution in [0, 0.1) is 0 Å². The largest absolute Gasteiger partial charge is 0.435 e. The predicted octanol–water partition coefficient (Wildman–Crippen LogP) is 6.57. The Morgan fingerprint density at radius 3 is 2.35 bits per heavy atom. The molecule has 2 aliphatic heterocycles. The van der Waals surface area contributed by atoms with Crippen LogP contribution in [0.15, 0.2) is 59.8 Å². The van der Waals surface area contributed by atoms with Crippen molar-refractivity contribution >= 4 is 57.4 Å². The van der Waals surface area contributed by atoms with E-state index in [1.54, 1.807) is 48.2 Å². The van der Waals surface area contributed by atoms with Crippen LogP contribution in [0.4, 0.5) is 13.2 Å². The molecule has 1 N–H and O–H groups in total. The van der Waals surface area contributed by atoms with Gasteiger partial charge in [-0.25, -0.2) is 0 Å². The van der Waals surface area contributed by atoms with E-state index in [0.29, 0.717) is 21.9 Å². The van der Waals surface area contributed by atoms with E-state index in [1.807, 2.05) is 0 Å². The average molecular weight is 525 g/mol. The van der Waals surface area contributed by atoms with Crippen molar-refractivity contribution in [3.05, 3.63) is 81.3 Å². The van der Waals surface area contributed by atoms with E-state index in [1.165, 1.54) is 18.2 Å². The molecule has 0 bridgehead atoms. The highest BCUT2D eigenvalue weighted by molar-refractivity contribution is 8.00. The maximum atomic E-state index is 14.4. The van der Waals surface area contributed by atoms with Gasteiger partial charge in [0, 0.05) is 50.7 Å². The SMILES string of the molecule is O=C(NC1CSC1)c1ccc(C2=NOC(c3cc(Cl)cc(Cl)c3)(C(F)(F)F)C2)c2ccccc12. The van der Waals surface area contributed by atoms with E-state index < -0.39 is 18.2 Å². The molecule has 5 rings (SSSR count). The third kappa shape index (κ3) is 4.01. The Hall–Kier alpha value is -2.42. The van der Waals surface area contributed by atoms with Crippen molar-refractivity contribution < 1.29 is 22.8 Å². The van der Waals surface area contributed by atoms with Crippen LogP contribution in [-0.4, -0.2) is 35.3 Å². The Morgan fingerprint density at radius 1 is 1.06 bits per heavy atom. The molecule has 2 aliphatic rings. The molecule has 0 aromatic heterocycles. The van der Waals surface area contributed by atoms with Gasteiger partial charge in [-0.15, -0.1) is 0 Å². The fourth-order valence-electron chi connectivity index (χ4n) is 4.17. The van der Waals surface area contributed by atoms with E-state index >= 15 is 0 Å². The smallest absolute Gasteiger partial charge is 0.374 e. The summed E-state index contributed by atoms with van der Waals surface area (Å²) in [4.78, 5) is 18.0. The molecule has 10 heteroatoms. The molecule has 1 atom stereocenters. The number of amides is 1. The van der Waals surface area contributed by atoms with Crippen LogP contribution >= 0.6 is 35.0 Å². The van der Waals surface area contributed by atoms with Crippen LogP contribution < -0.4 is 5.32 Å². The maximum absolute atomic E-state index is 14.4. The standard InChI is InChI=1S/C24H17Cl2F3N2O2S/c25-14-7-13(8-15(26)9-14)23(24(27,28)29)10-21(31-33-23)19-5-6-20(18-4-2-1-3-17(18)19)22(32)30-16-11-34-12-16/h1-9,16H,10-12H2,(H,30,32). The third-order valence-electron chi connectivity index (χ3n) is 5.97. The number of oxime groups is 1. The first-order valence-corrected chi connectivity index (χ1v) is 12.3. The summed E-state index contributed by atoms with van der Waals surface area (Å²) < 4.78 is 43.1. The lowest BCUT2D eigenvalue weighted by Gasteiger charge is -2.29. The molecule has 0 spiro atoms. The molecule has 2 heterocycles. The molecule has 1 amide bonds. The van der Waals surface area contributed by atoms with Gasteiger partial charge in [-0.3, -0.25) is 4.79 Å². The summed E-state index contributed by atoms with van der Waals surface area (Å²) in [7, 11) is 0. The highest BCUT2D eigenvalue weighted by atomic mass is 35.5. The monoisotopic (exact) mass is 524 g/mol. The number of rotatable bonds is 4. The topological polar surface area (TPSA) is 50.7 Å². The summed E-state index contributed by atoms with van der Waals surface area (Å²) in [5.41, 5.74) is -1.91. The number of halogens is 5. The van der Waals surface area contributed by atoms with Crippen LogP contribution in [0.25, 0.3) is 10.8 Å². The molecule has 34 heavy (non-hydrogen) atoms. The fraction of sp³-hybridized carbons (Fsp3) is 0.250. The summed E-state index contributed by atoms with van der Waals surface area (Å²) in [6, 6.07) is 14.2. The van der Waals surface area contributed by atoms with Gasteiger partial charge in [0.25, 0.3) is 11.5 Å². The van der Waals surface area contributed by atoms with Crippen molar-refractivity contribution in [1.82, 2.24) is 5.32 Å². The highest BCUT2D eigenvalue weighted by Gasteiger charge is 2.62. The maximum Gasteiger partial charge on any atom is 0.435 e. The average Bonchev–Trinajstić information content (AvgIpc) is 3.21. The van der Waals surface area contributed by atoms with Crippen molar-refractivity contribution in [1.29, 1.82) is 0 Å². The Morgan fingerprint density at radius 2 is 1.74 bits per heavy atom. The molecule has 1 fully saturated rings. The van der Waals surface area contributed by atoms with Crippen LogP contribution in [0.5, 0.6) is 0 Å². The minimum absolute atomic E-state index is 0.0638. The lowest BCUT2D eigenvalue weighted by atomic mass is 9.85. The predicted molar refractivity (Wildman–Crippen MR) is 129 cm³/mol. The minimum Gasteiger partial charge on any atom is -0.374 e. The number of hydrogen-bond donors (Lipinski definition) is 1. The number of alkyl halides is 3. The van der Waals surface area contributed by atoms with Gasteiger partial charge >= 0.3 is 6.18 Å². The van der Waals surface area contributed by atoms with Gasteiger partial charge < -0.3 is 10.2 Å². The number of thioether (sulfide) groups is 1. The first kappa shape index (κ1) is 23.3. The Kier molecular flexibility index (Phi) is 5.94. The van der Waals surface area contributed by atoms with Gasteiger partial charge in [0.15, 0.2) is 0 Å². The van der Waals surface area contributed by atoms with Crippen molar-refractivity contribution in [2.24, 2.45) is 5.16 Å². The second-order valence-electron chi connectivity index (χ2n) is 8.20. The van der Waals surface area contributed by atoms with Gasteiger partial charge in [-0.05, 0) is 35.0 Å². The second-order valence-corrected chi connectivity index (χ2v) is 10.2. The zero-order valence-electron chi connectivity index (χ0n) is 17.5. The van der Waals surface area contributed by atoms with Gasteiger partial charge in [0.1, 0.15) is 0 Å². The fourth-order valence-corrected chi connectivity index (χ4v) is 5.33. The molecule has 3 aromatic rings. The minimum atomic E-state index is -4.79. The first-order valence-electron chi connectivity index (χ1n) is 10.4. The van der Waals surface area contributed by atoms with E-state index in [-0.39, 0.29) is 33.3 Å². The Balaban J connectivity index is 1.54. The summed E-state index contributed by atoms with van der Waals surface area (Å²) in [6.45, 7) is 0. The van der Waals surface area contributed by atoms with Crippen LogP contribution in [0.3, 0.4) is 0 Å². The van der Waals surface area contributed by atoms with E-state index in [9.17, 15) is 18.0 Å². The lowest BCUT2D eigenvalue weighted by Crippen LogP contribution is -2.43. The summed E-state index contributed by atoms with van der Waals surface area (Å²) in [6.07, 6.45) is -5.36. The third-order valence-corrected chi connectivity index (χ3v) is 7.68. The Labute approximate surface area is 207 Å². The summed E-state index contributed by atoms with van der Waals surface area (Å²) >= 11 is 13.7. The lowest BCUT2D eigenvalue weighted by molar-refractivity contribution is -0.275. The summed E-state index contributed by atoms with van der Waals surface area (Å²) in [5.74, 6) is 1.52. The number of hydrogen-bond acceptors (Lipinski definition) is 4. The molecule has 1 saturated heterocycles. The van der Waals surface area contributed by atoms with Gasteiger partial charge in [0.2, 0.25) is 0 Å². The zero-order valence-corrected chi connectivity index (χ0v) is 19.8. The van der Waals surface area contributed by atoms with Crippen molar-refractivity contribution in [3.63, 3.8) is 0 Å². The number of nitrogens with one attached hydrogen (secondary N) is 1. The number of benzene rings is 3. The van der Waals surface area contributed by atoms with Gasteiger partial charge in [-0.2, -0.15) is 24.9 Å². The first-order chi connectivity index (χ1) is 16.2. The normalized spacial score (nSPS) is 20.6. The quantitative estimate of drug-likeness (QED) is 0.419. The number of carbonyl (C=O) groups excluding carboxylic acids is 1. The molecule has 1 unspecified atom stereocenters. The zero-order chi connectivity index (χ0) is 24.1. The molecule has 176 valence electrons. The molecular weight excluding hydrogens is 508 g/mol. The van der Waals surface area contributed by atoms with E-state index in [4.69, 9.17) is 28.0 Å².